The summed E-state index contributed by atoms with van der Waals surface area (Å²) < 4.78 is 1.28. The second kappa shape index (κ2) is 6.05. The maximum Gasteiger partial charge on any atom is 0.328 e. The van der Waals surface area contributed by atoms with Crippen LogP contribution < -0.4 is 0 Å². The van der Waals surface area contributed by atoms with Gasteiger partial charge >= 0.3 is 5.97 Å². The van der Waals surface area contributed by atoms with E-state index in [1.807, 2.05) is 0 Å². The molecular formula is C13H15Br2NO3. The Balaban J connectivity index is 3.14. The number of aliphatic imine (C=N–C) groups is 1. The Morgan fingerprint density at radius 1 is 1.37 bits per heavy atom. The predicted molar refractivity (Wildman–Crippen MR) is 82.0 cm³/mol. The number of halogens is 2. The molecule has 19 heavy (non-hydrogen) atoms. The molecule has 0 unspecified atom stereocenters. The molecule has 1 rings (SSSR count). The second-order valence-corrected chi connectivity index (χ2v) is 6.98. The number of hydrogen-bond acceptors (Lipinski definition) is 3. The van der Waals surface area contributed by atoms with E-state index in [0.717, 1.165) is 4.47 Å². The Morgan fingerprint density at radius 3 is 2.42 bits per heavy atom. The van der Waals surface area contributed by atoms with Crippen molar-refractivity contribution in [1.29, 1.82) is 0 Å². The number of nitrogens with zero attached hydrogens (tertiary/aromatic N) is 1. The van der Waals surface area contributed by atoms with Crippen LogP contribution in [0.4, 0.5) is 0 Å². The van der Waals surface area contributed by atoms with Crippen LogP contribution in [0, 0.1) is 5.41 Å². The first-order valence-corrected chi connectivity index (χ1v) is 7.15. The molecule has 1 aromatic carbocycles. The zero-order chi connectivity index (χ0) is 14.8. The summed E-state index contributed by atoms with van der Waals surface area (Å²) >= 11 is 6.52. The molecule has 0 amide bonds. The highest BCUT2D eigenvalue weighted by Gasteiger charge is 2.30. The fourth-order valence-electron chi connectivity index (χ4n) is 1.50. The standard InChI is InChI=1S/C13H15Br2NO3/c1-13(2,3)11(12(18)19)16-6-7-4-8(14)5-9(15)10(7)17/h4-6,11,17H,1-3H3,(H,18,19)/t11-/m1/s1. The third-order valence-corrected chi connectivity index (χ3v) is 3.54. The van der Waals surface area contributed by atoms with Gasteiger partial charge in [-0.2, -0.15) is 0 Å². The Labute approximate surface area is 128 Å². The molecule has 0 saturated carbocycles. The molecule has 0 aliphatic carbocycles. The molecule has 0 radical (unpaired) electrons. The molecule has 0 heterocycles. The van der Waals surface area contributed by atoms with Gasteiger partial charge in [0, 0.05) is 16.3 Å². The Hall–Kier alpha value is -0.880. The van der Waals surface area contributed by atoms with Crippen LogP contribution in [0.2, 0.25) is 0 Å². The molecule has 0 saturated heterocycles. The number of rotatable bonds is 3. The van der Waals surface area contributed by atoms with Crippen molar-refractivity contribution in [2.45, 2.75) is 26.8 Å². The molecule has 4 nitrogen and oxygen atoms in total. The quantitative estimate of drug-likeness (QED) is 0.767. The van der Waals surface area contributed by atoms with E-state index < -0.39 is 17.4 Å². The SMILES string of the molecule is CC(C)(C)[C@H](N=Cc1cc(Br)cc(Br)c1O)C(=O)O. The second-order valence-electron chi connectivity index (χ2n) is 5.21. The van der Waals surface area contributed by atoms with Crippen molar-refractivity contribution in [3.8, 4) is 5.75 Å². The number of carboxylic acid groups (broad SMARTS) is 1. The number of benzene rings is 1. The van der Waals surface area contributed by atoms with Gasteiger partial charge < -0.3 is 10.2 Å². The van der Waals surface area contributed by atoms with Crippen molar-refractivity contribution in [3.63, 3.8) is 0 Å². The lowest BCUT2D eigenvalue weighted by molar-refractivity contribution is -0.140. The van der Waals surface area contributed by atoms with Gasteiger partial charge in [-0.15, -0.1) is 0 Å². The number of hydrogen-bond donors (Lipinski definition) is 2. The summed E-state index contributed by atoms with van der Waals surface area (Å²) in [6.45, 7) is 5.42. The Bertz CT molecular complexity index is 521. The molecule has 2 N–H and O–H groups in total. The molecule has 6 heteroatoms. The van der Waals surface area contributed by atoms with E-state index in [0.29, 0.717) is 10.0 Å². The summed E-state index contributed by atoms with van der Waals surface area (Å²) in [5, 5.41) is 19.0. The van der Waals surface area contributed by atoms with Crippen LogP contribution in [0.1, 0.15) is 26.3 Å². The van der Waals surface area contributed by atoms with Gasteiger partial charge in [0.25, 0.3) is 0 Å². The number of phenolic OH excluding ortho intramolecular Hbond substituents is 1. The fourth-order valence-corrected chi connectivity index (χ4v) is 2.76. The lowest BCUT2D eigenvalue weighted by Crippen LogP contribution is -2.32. The summed E-state index contributed by atoms with van der Waals surface area (Å²) in [6, 6.07) is 2.50. The highest BCUT2D eigenvalue weighted by Crippen LogP contribution is 2.31. The third-order valence-electron chi connectivity index (χ3n) is 2.47. The average molecular weight is 393 g/mol. The summed E-state index contributed by atoms with van der Waals surface area (Å²) in [6.07, 6.45) is 1.38. The smallest absolute Gasteiger partial charge is 0.328 e. The van der Waals surface area contributed by atoms with E-state index >= 15 is 0 Å². The van der Waals surface area contributed by atoms with Crippen molar-refractivity contribution in [2.75, 3.05) is 0 Å². The highest BCUT2D eigenvalue weighted by atomic mass is 79.9. The number of aliphatic carboxylic acids is 1. The van der Waals surface area contributed by atoms with Gasteiger partial charge in [-0.25, -0.2) is 4.79 Å². The zero-order valence-corrected chi connectivity index (χ0v) is 14.0. The van der Waals surface area contributed by atoms with Crippen molar-refractivity contribution in [2.24, 2.45) is 10.4 Å². The summed E-state index contributed by atoms with van der Waals surface area (Å²) in [5.74, 6) is -0.956. The first-order valence-electron chi connectivity index (χ1n) is 5.57. The van der Waals surface area contributed by atoms with Crippen LogP contribution >= 0.6 is 31.9 Å². The molecule has 1 aromatic rings. The van der Waals surface area contributed by atoms with Crippen LogP contribution in [-0.4, -0.2) is 28.4 Å². The molecule has 0 aliphatic heterocycles. The van der Waals surface area contributed by atoms with Crippen molar-refractivity contribution < 1.29 is 15.0 Å². The highest BCUT2D eigenvalue weighted by molar-refractivity contribution is 9.11. The maximum atomic E-state index is 11.2. The molecule has 0 bridgehead atoms. The van der Waals surface area contributed by atoms with Crippen LogP contribution in [0.15, 0.2) is 26.1 Å². The van der Waals surface area contributed by atoms with E-state index in [9.17, 15) is 15.0 Å². The summed E-state index contributed by atoms with van der Waals surface area (Å²) in [4.78, 5) is 15.3. The number of phenols is 1. The zero-order valence-electron chi connectivity index (χ0n) is 10.8. The van der Waals surface area contributed by atoms with E-state index in [1.54, 1.807) is 32.9 Å². The fraction of sp³-hybridized carbons (Fsp3) is 0.385. The van der Waals surface area contributed by atoms with Crippen molar-refractivity contribution in [3.05, 3.63) is 26.6 Å². The van der Waals surface area contributed by atoms with Crippen LogP contribution in [0.3, 0.4) is 0 Å². The predicted octanol–water partition coefficient (Wildman–Crippen LogP) is 3.84. The van der Waals surface area contributed by atoms with Gasteiger partial charge in [0.1, 0.15) is 5.75 Å². The first-order chi connectivity index (χ1) is 8.62. The van der Waals surface area contributed by atoms with Crippen LogP contribution in [-0.2, 0) is 4.79 Å². The molecule has 0 aliphatic rings. The van der Waals surface area contributed by atoms with Crippen LogP contribution in [0.5, 0.6) is 5.75 Å². The number of carboxylic acids is 1. The molecule has 0 spiro atoms. The Morgan fingerprint density at radius 2 is 1.95 bits per heavy atom. The average Bonchev–Trinajstić information content (AvgIpc) is 2.22. The monoisotopic (exact) mass is 391 g/mol. The minimum atomic E-state index is -0.989. The summed E-state index contributed by atoms with van der Waals surface area (Å²) in [5.41, 5.74) is -0.0435. The van der Waals surface area contributed by atoms with Gasteiger partial charge in [0.15, 0.2) is 6.04 Å². The molecule has 0 aromatic heterocycles. The summed E-state index contributed by atoms with van der Waals surface area (Å²) in [7, 11) is 0. The van der Waals surface area contributed by atoms with Gasteiger partial charge in [-0.1, -0.05) is 36.7 Å². The molecule has 1 atom stereocenters. The molecule has 0 fully saturated rings. The molecule has 104 valence electrons. The van der Waals surface area contributed by atoms with E-state index in [-0.39, 0.29) is 5.75 Å². The minimum Gasteiger partial charge on any atom is -0.506 e. The number of aromatic hydroxyl groups is 1. The largest absolute Gasteiger partial charge is 0.506 e. The number of carbonyl (C=O) groups is 1. The van der Waals surface area contributed by atoms with E-state index in [2.05, 4.69) is 36.9 Å². The normalized spacial score (nSPS) is 13.7. The van der Waals surface area contributed by atoms with Crippen molar-refractivity contribution in [1.82, 2.24) is 0 Å². The van der Waals surface area contributed by atoms with Gasteiger partial charge in [-0.3, -0.25) is 4.99 Å². The van der Waals surface area contributed by atoms with Crippen LogP contribution in [0.25, 0.3) is 0 Å². The van der Waals surface area contributed by atoms with Gasteiger partial charge in [0.2, 0.25) is 0 Å². The Kier molecular flexibility index (Phi) is 5.15. The van der Waals surface area contributed by atoms with Crippen molar-refractivity contribution >= 4 is 44.0 Å². The first kappa shape index (κ1) is 16.2. The maximum absolute atomic E-state index is 11.2. The lowest BCUT2D eigenvalue weighted by atomic mass is 9.87. The lowest BCUT2D eigenvalue weighted by Gasteiger charge is -2.23. The van der Waals surface area contributed by atoms with E-state index in [4.69, 9.17) is 0 Å². The minimum absolute atomic E-state index is 0.0324. The van der Waals surface area contributed by atoms with Gasteiger partial charge in [-0.05, 0) is 33.5 Å². The molecular weight excluding hydrogens is 378 g/mol. The third kappa shape index (κ3) is 4.31. The van der Waals surface area contributed by atoms with E-state index in [1.165, 1.54) is 6.21 Å². The topological polar surface area (TPSA) is 69.9 Å². The van der Waals surface area contributed by atoms with Gasteiger partial charge in [0.05, 0.1) is 4.47 Å².